The Labute approximate surface area is 202 Å². The highest BCUT2D eigenvalue weighted by molar-refractivity contribution is 6.33. The lowest BCUT2D eigenvalue weighted by Gasteiger charge is -2.09. The van der Waals surface area contributed by atoms with Gasteiger partial charge in [0.15, 0.2) is 0 Å². The molecule has 0 radical (unpaired) electrons. The van der Waals surface area contributed by atoms with E-state index in [0.717, 1.165) is 11.1 Å². The van der Waals surface area contributed by atoms with Gasteiger partial charge in [0.1, 0.15) is 10.0 Å². The number of hydrogen-bond acceptors (Lipinski definition) is 6. The highest BCUT2D eigenvalue weighted by Crippen LogP contribution is 2.26. The molecule has 0 aromatic heterocycles. The van der Waals surface area contributed by atoms with Gasteiger partial charge in [-0.05, 0) is 35.4 Å². The Hall–Kier alpha value is -4.02. The maximum atomic E-state index is 12.4. The molecule has 3 aromatic carbocycles. The average molecular weight is 503 g/mol. The van der Waals surface area contributed by atoms with Crippen molar-refractivity contribution in [1.29, 1.82) is 0 Å². The number of carbonyl (C=O) groups is 2. The maximum absolute atomic E-state index is 12.4. The lowest BCUT2D eigenvalue weighted by Crippen LogP contribution is -2.24. The molecule has 0 fully saturated rings. The van der Waals surface area contributed by atoms with Gasteiger partial charge in [0.25, 0.3) is 23.2 Å². The number of halogens is 2. The summed E-state index contributed by atoms with van der Waals surface area (Å²) >= 11 is 11.7. The SMILES string of the molecule is O=C(NCc1cccc(CNC(=O)c2ccc([N+](=O)[O-])c(Cl)c2)c1)c1ccc([N+](=O)[O-])c(Cl)c1. The van der Waals surface area contributed by atoms with E-state index in [9.17, 15) is 29.8 Å². The van der Waals surface area contributed by atoms with E-state index in [-0.39, 0.29) is 45.6 Å². The molecule has 0 saturated carbocycles. The van der Waals surface area contributed by atoms with Crippen molar-refractivity contribution >= 4 is 46.4 Å². The molecule has 2 N–H and O–H groups in total. The minimum atomic E-state index is -0.634. The Morgan fingerprint density at radius 3 is 1.47 bits per heavy atom. The van der Waals surface area contributed by atoms with Gasteiger partial charge in [-0.2, -0.15) is 0 Å². The fourth-order valence-electron chi connectivity index (χ4n) is 3.01. The summed E-state index contributed by atoms with van der Waals surface area (Å²) in [7, 11) is 0. The summed E-state index contributed by atoms with van der Waals surface area (Å²) < 4.78 is 0. The second-order valence-electron chi connectivity index (χ2n) is 7.03. The Morgan fingerprint density at radius 1 is 0.706 bits per heavy atom. The van der Waals surface area contributed by atoms with E-state index in [1.807, 2.05) is 0 Å². The molecule has 3 aromatic rings. The number of nitro groups is 2. The van der Waals surface area contributed by atoms with Gasteiger partial charge in [-0.3, -0.25) is 29.8 Å². The van der Waals surface area contributed by atoms with E-state index in [4.69, 9.17) is 23.2 Å². The molecule has 0 aliphatic carbocycles. The Bertz CT molecular complexity index is 1200. The van der Waals surface area contributed by atoms with E-state index in [0.29, 0.717) is 0 Å². The molecule has 0 unspecified atom stereocenters. The van der Waals surface area contributed by atoms with E-state index < -0.39 is 21.7 Å². The minimum absolute atomic E-state index is 0.135. The molecule has 10 nitrogen and oxygen atoms in total. The predicted molar refractivity (Wildman–Crippen MR) is 125 cm³/mol. The summed E-state index contributed by atoms with van der Waals surface area (Å²) in [5, 5.41) is 26.8. The van der Waals surface area contributed by atoms with Crippen molar-refractivity contribution in [3.63, 3.8) is 0 Å². The number of nitro benzene ring substituents is 2. The molecule has 0 bridgehead atoms. The summed E-state index contributed by atoms with van der Waals surface area (Å²) in [4.78, 5) is 45.1. The number of nitrogens with zero attached hydrogens (tertiary/aromatic N) is 2. The summed E-state index contributed by atoms with van der Waals surface area (Å²) in [5.74, 6) is -0.906. The zero-order valence-electron chi connectivity index (χ0n) is 17.3. The number of carbonyl (C=O) groups excluding carboxylic acids is 2. The van der Waals surface area contributed by atoms with Crippen LogP contribution in [0.2, 0.25) is 10.0 Å². The fraction of sp³-hybridized carbons (Fsp3) is 0.0909. The second-order valence-corrected chi connectivity index (χ2v) is 7.85. The second kappa shape index (κ2) is 10.7. The van der Waals surface area contributed by atoms with Crippen LogP contribution in [0.1, 0.15) is 31.8 Å². The van der Waals surface area contributed by atoms with Gasteiger partial charge < -0.3 is 10.6 Å². The molecule has 34 heavy (non-hydrogen) atoms. The normalized spacial score (nSPS) is 10.4. The zero-order valence-corrected chi connectivity index (χ0v) is 18.8. The van der Waals surface area contributed by atoms with Crippen LogP contribution in [0.15, 0.2) is 60.7 Å². The van der Waals surface area contributed by atoms with Crippen LogP contribution < -0.4 is 10.6 Å². The van der Waals surface area contributed by atoms with Crippen molar-refractivity contribution in [1.82, 2.24) is 10.6 Å². The number of nitrogens with one attached hydrogen (secondary N) is 2. The predicted octanol–water partition coefficient (Wildman–Crippen LogP) is 4.67. The van der Waals surface area contributed by atoms with Gasteiger partial charge in [-0.1, -0.05) is 47.5 Å². The Morgan fingerprint density at radius 2 is 1.12 bits per heavy atom. The topological polar surface area (TPSA) is 144 Å². The first-order chi connectivity index (χ1) is 16.2. The molecule has 0 aliphatic heterocycles. The van der Waals surface area contributed by atoms with Gasteiger partial charge in [0.2, 0.25) is 0 Å². The lowest BCUT2D eigenvalue weighted by molar-refractivity contribution is -0.384. The van der Waals surface area contributed by atoms with Crippen LogP contribution in [-0.2, 0) is 13.1 Å². The van der Waals surface area contributed by atoms with E-state index >= 15 is 0 Å². The average Bonchev–Trinajstić information content (AvgIpc) is 2.80. The molecule has 0 atom stereocenters. The van der Waals surface area contributed by atoms with Crippen LogP contribution in [0, 0.1) is 20.2 Å². The van der Waals surface area contributed by atoms with E-state index in [2.05, 4.69) is 10.6 Å². The Balaban J connectivity index is 1.58. The van der Waals surface area contributed by atoms with Crippen LogP contribution in [-0.4, -0.2) is 21.7 Å². The van der Waals surface area contributed by atoms with Crippen molar-refractivity contribution in [3.05, 3.63) is 113 Å². The molecule has 174 valence electrons. The van der Waals surface area contributed by atoms with Crippen molar-refractivity contribution in [2.75, 3.05) is 0 Å². The van der Waals surface area contributed by atoms with Gasteiger partial charge in [-0.25, -0.2) is 0 Å². The molecular formula is C22H16Cl2N4O6. The first-order valence-electron chi connectivity index (χ1n) is 9.68. The van der Waals surface area contributed by atoms with Gasteiger partial charge in [0.05, 0.1) is 9.85 Å². The monoisotopic (exact) mass is 502 g/mol. The summed E-state index contributed by atoms with van der Waals surface area (Å²) in [6, 6.07) is 14.5. The van der Waals surface area contributed by atoms with Crippen LogP contribution >= 0.6 is 23.2 Å². The van der Waals surface area contributed by atoms with Crippen molar-refractivity contribution in [3.8, 4) is 0 Å². The number of amides is 2. The van der Waals surface area contributed by atoms with Gasteiger partial charge >= 0.3 is 0 Å². The fourth-order valence-corrected chi connectivity index (χ4v) is 3.51. The van der Waals surface area contributed by atoms with Crippen molar-refractivity contribution in [2.24, 2.45) is 0 Å². The molecule has 0 spiro atoms. The van der Waals surface area contributed by atoms with Crippen LogP contribution in [0.3, 0.4) is 0 Å². The third kappa shape index (κ3) is 6.06. The smallest absolute Gasteiger partial charge is 0.287 e. The van der Waals surface area contributed by atoms with Crippen LogP contribution in [0.5, 0.6) is 0 Å². The standard InChI is InChI=1S/C22H16Cl2N4O6/c23-17-9-15(4-6-19(17)27(31)32)21(29)25-11-13-2-1-3-14(8-13)12-26-22(30)16-5-7-20(28(33)34)18(24)10-16/h1-10H,11-12H2,(H,25,29)(H,26,30). The van der Waals surface area contributed by atoms with Gasteiger partial charge in [-0.15, -0.1) is 0 Å². The quantitative estimate of drug-likeness (QED) is 0.338. The third-order valence-corrected chi connectivity index (χ3v) is 5.32. The molecule has 2 amide bonds. The molecule has 3 rings (SSSR count). The Kier molecular flexibility index (Phi) is 7.77. The molecule has 12 heteroatoms. The summed E-state index contributed by atoms with van der Waals surface area (Å²) in [5.41, 5.74) is 1.30. The highest BCUT2D eigenvalue weighted by Gasteiger charge is 2.16. The number of rotatable bonds is 8. The summed E-state index contributed by atoms with van der Waals surface area (Å²) in [6.45, 7) is 0.348. The zero-order chi connectivity index (χ0) is 24.8. The van der Waals surface area contributed by atoms with Crippen molar-refractivity contribution < 1.29 is 19.4 Å². The third-order valence-electron chi connectivity index (χ3n) is 4.71. The largest absolute Gasteiger partial charge is 0.348 e. The van der Waals surface area contributed by atoms with Crippen LogP contribution in [0.4, 0.5) is 11.4 Å². The minimum Gasteiger partial charge on any atom is -0.348 e. The first kappa shape index (κ1) is 24.6. The highest BCUT2D eigenvalue weighted by atomic mass is 35.5. The van der Waals surface area contributed by atoms with Crippen molar-refractivity contribution in [2.45, 2.75) is 13.1 Å². The number of hydrogen-bond donors (Lipinski definition) is 2. The lowest BCUT2D eigenvalue weighted by atomic mass is 10.1. The van der Waals surface area contributed by atoms with E-state index in [1.165, 1.54) is 36.4 Å². The molecule has 0 aliphatic rings. The maximum Gasteiger partial charge on any atom is 0.287 e. The van der Waals surface area contributed by atoms with E-state index in [1.54, 1.807) is 24.3 Å². The van der Waals surface area contributed by atoms with Crippen LogP contribution in [0.25, 0.3) is 0 Å². The summed E-state index contributed by atoms with van der Waals surface area (Å²) in [6.07, 6.45) is 0. The van der Waals surface area contributed by atoms with Gasteiger partial charge in [0, 0.05) is 36.3 Å². The molecular weight excluding hydrogens is 487 g/mol. The molecule has 0 heterocycles. The first-order valence-corrected chi connectivity index (χ1v) is 10.4. The number of benzene rings is 3. The molecule has 0 saturated heterocycles.